The number of hydrogen-bond acceptors (Lipinski definition) is 3. The molecule has 0 amide bonds. The SMILES string of the molecule is CC1CCC(CN2CCCC2c2cccc(N(C)C)c2)O1. The molecule has 2 heterocycles. The van der Waals surface area contributed by atoms with Crippen molar-refractivity contribution in [2.24, 2.45) is 0 Å². The molecular weight excluding hydrogens is 260 g/mol. The van der Waals surface area contributed by atoms with Crippen molar-refractivity contribution in [2.45, 2.75) is 50.9 Å². The first kappa shape index (κ1) is 14.9. The second kappa shape index (κ2) is 6.37. The molecule has 0 bridgehead atoms. The van der Waals surface area contributed by atoms with Gasteiger partial charge in [-0.2, -0.15) is 0 Å². The van der Waals surface area contributed by atoms with Gasteiger partial charge in [-0.3, -0.25) is 4.90 Å². The van der Waals surface area contributed by atoms with Crippen LogP contribution in [0.1, 0.15) is 44.2 Å². The standard InChI is InChI=1S/C18H28N2O/c1-14-9-10-17(21-14)13-20-11-5-8-18(20)15-6-4-7-16(12-15)19(2)3/h4,6-7,12,14,17-18H,5,8-11,13H2,1-3H3. The number of rotatable bonds is 4. The lowest BCUT2D eigenvalue weighted by atomic mass is 10.0. The fraction of sp³-hybridized carbons (Fsp3) is 0.667. The minimum Gasteiger partial charge on any atom is -0.378 e. The van der Waals surface area contributed by atoms with Gasteiger partial charge < -0.3 is 9.64 Å². The Morgan fingerprint density at radius 3 is 2.81 bits per heavy atom. The van der Waals surface area contributed by atoms with E-state index in [0.29, 0.717) is 18.2 Å². The van der Waals surface area contributed by atoms with E-state index in [9.17, 15) is 0 Å². The Bertz CT molecular complexity index is 474. The molecule has 0 radical (unpaired) electrons. The molecule has 0 aromatic heterocycles. The van der Waals surface area contributed by atoms with E-state index in [-0.39, 0.29) is 0 Å². The summed E-state index contributed by atoms with van der Waals surface area (Å²) in [5.74, 6) is 0. The van der Waals surface area contributed by atoms with Crippen molar-refractivity contribution < 1.29 is 4.74 Å². The summed E-state index contributed by atoms with van der Waals surface area (Å²) in [6.45, 7) is 4.51. The van der Waals surface area contributed by atoms with E-state index in [1.807, 2.05) is 0 Å². The highest BCUT2D eigenvalue weighted by Crippen LogP contribution is 2.34. The maximum absolute atomic E-state index is 6.02. The molecule has 2 aliphatic rings. The van der Waals surface area contributed by atoms with Crippen LogP contribution in [0.25, 0.3) is 0 Å². The van der Waals surface area contributed by atoms with Gasteiger partial charge in [0.25, 0.3) is 0 Å². The molecule has 1 aromatic carbocycles. The third-order valence-electron chi connectivity index (χ3n) is 4.89. The topological polar surface area (TPSA) is 15.7 Å². The molecule has 1 aromatic rings. The molecule has 2 saturated heterocycles. The summed E-state index contributed by atoms with van der Waals surface area (Å²) in [5, 5.41) is 0. The monoisotopic (exact) mass is 288 g/mol. The summed E-state index contributed by atoms with van der Waals surface area (Å²) in [4.78, 5) is 4.82. The van der Waals surface area contributed by atoms with Crippen molar-refractivity contribution in [3.63, 3.8) is 0 Å². The van der Waals surface area contributed by atoms with Crippen LogP contribution in [0.5, 0.6) is 0 Å². The normalized spacial score (nSPS) is 30.0. The lowest BCUT2D eigenvalue weighted by molar-refractivity contribution is 0.0286. The molecule has 3 atom stereocenters. The summed E-state index contributed by atoms with van der Waals surface area (Å²) in [6.07, 6.45) is 5.92. The summed E-state index contributed by atoms with van der Waals surface area (Å²) < 4.78 is 6.02. The zero-order valence-corrected chi connectivity index (χ0v) is 13.6. The molecule has 3 rings (SSSR count). The summed E-state index contributed by atoms with van der Waals surface area (Å²) in [7, 11) is 4.22. The number of nitrogens with zero attached hydrogens (tertiary/aromatic N) is 2. The summed E-state index contributed by atoms with van der Waals surface area (Å²) in [5.41, 5.74) is 2.76. The maximum atomic E-state index is 6.02. The molecule has 3 nitrogen and oxygen atoms in total. The second-order valence-electron chi connectivity index (χ2n) is 6.79. The Kier molecular flexibility index (Phi) is 4.51. The van der Waals surface area contributed by atoms with Crippen molar-refractivity contribution in [1.82, 2.24) is 4.90 Å². The van der Waals surface area contributed by atoms with Crippen LogP contribution in [-0.2, 0) is 4.74 Å². The minimum atomic E-state index is 0.442. The molecule has 3 heteroatoms. The van der Waals surface area contributed by atoms with Crippen LogP contribution in [0.15, 0.2) is 24.3 Å². The van der Waals surface area contributed by atoms with Crippen LogP contribution in [-0.4, -0.2) is 44.3 Å². The van der Waals surface area contributed by atoms with Crippen molar-refractivity contribution in [1.29, 1.82) is 0 Å². The summed E-state index contributed by atoms with van der Waals surface area (Å²) in [6, 6.07) is 9.58. The first-order valence-corrected chi connectivity index (χ1v) is 8.30. The van der Waals surface area contributed by atoms with Crippen molar-refractivity contribution in [3.05, 3.63) is 29.8 Å². The number of anilines is 1. The Morgan fingerprint density at radius 1 is 1.24 bits per heavy atom. The molecule has 0 N–H and O–H groups in total. The number of ether oxygens (including phenoxy) is 1. The van der Waals surface area contributed by atoms with Crippen molar-refractivity contribution >= 4 is 5.69 Å². The zero-order chi connectivity index (χ0) is 14.8. The van der Waals surface area contributed by atoms with Gasteiger partial charge in [-0.05, 0) is 56.8 Å². The highest BCUT2D eigenvalue weighted by molar-refractivity contribution is 5.48. The lowest BCUT2D eigenvalue weighted by Crippen LogP contribution is -2.32. The van der Waals surface area contributed by atoms with E-state index >= 15 is 0 Å². The van der Waals surface area contributed by atoms with Gasteiger partial charge >= 0.3 is 0 Å². The van der Waals surface area contributed by atoms with Crippen molar-refractivity contribution in [2.75, 3.05) is 32.1 Å². The van der Waals surface area contributed by atoms with Gasteiger partial charge in [0.05, 0.1) is 12.2 Å². The van der Waals surface area contributed by atoms with Crippen molar-refractivity contribution in [3.8, 4) is 0 Å². The molecular formula is C18H28N2O. The fourth-order valence-corrected chi connectivity index (χ4v) is 3.71. The average Bonchev–Trinajstić information content (AvgIpc) is 3.09. The zero-order valence-electron chi connectivity index (χ0n) is 13.6. The smallest absolute Gasteiger partial charge is 0.0706 e. The Hall–Kier alpha value is -1.06. The van der Waals surface area contributed by atoms with Crippen LogP contribution in [0.4, 0.5) is 5.69 Å². The van der Waals surface area contributed by atoms with E-state index in [0.717, 1.165) is 6.54 Å². The molecule has 3 unspecified atom stereocenters. The van der Waals surface area contributed by atoms with Crippen LogP contribution in [0.3, 0.4) is 0 Å². The number of likely N-dealkylation sites (tertiary alicyclic amines) is 1. The van der Waals surface area contributed by atoms with Crippen LogP contribution in [0.2, 0.25) is 0 Å². The Morgan fingerprint density at radius 2 is 2.10 bits per heavy atom. The van der Waals surface area contributed by atoms with Gasteiger partial charge in [0.2, 0.25) is 0 Å². The molecule has 2 fully saturated rings. The second-order valence-corrected chi connectivity index (χ2v) is 6.79. The van der Waals surface area contributed by atoms with Crippen LogP contribution >= 0.6 is 0 Å². The predicted octanol–water partition coefficient (Wildman–Crippen LogP) is 3.46. The molecule has 0 spiro atoms. The van der Waals surface area contributed by atoms with Gasteiger partial charge in [0.15, 0.2) is 0 Å². The van der Waals surface area contributed by atoms with Gasteiger partial charge in [0.1, 0.15) is 0 Å². The first-order chi connectivity index (χ1) is 10.1. The van der Waals surface area contributed by atoms with E-state index in [4.69, 9.17) is 4.74 Å². The quantitative estimate of drug-likeness (QED) is 0.844. The van der Waals surface area contributed by atoms with E-state index in [1.165, 1.54) is 43.5 Å². The Labute approximate surface area is 128 Å². The highest BCUT2D eigenvalue weighted by Gasteiger charge is 2.31. The molecule has 116 valence electrons. The number of hydrogen-bond donors (Lipinski definition) is 0. The van der Waals surface area contributed by atoms with E-state index in [1.54, 1.807) is 0 Å². The Balaban J connectivity index is 1.70. The van der Waals surface area contributed by atoms with Crippen LogP contribution in [0, 0.1) is 0 Å². The molecule has 2 aliphatic heterocycles. The molecule has 0 aliphatic carbocycles. The van der Waals surface area contributed by atoms with Gasteiger partial charge in [-0.1, -0.05) is 12.1 Å². The largest absolute Gasteiger partial charge is 0.378 e. The highest BCUT2D eigenvalue weighted by atomic mass is 16.5. The van der Waals surface area contributed by atoms with E-state index in [2.05, 4.69) is 55.1 Å². The van der Waals surface area contributed by atoms with Gasteiger partial charge in [-0.15, -0.1) is 0 Å². The van der Waals surface area contributed by atoms with Crippen LogP contribution < -0.4 is 4.90 Å². The van der Waals surface area contributed by atoms with E-state index < -0.39 is 0 Å². The molecule has 0 saturated carbocycles. The predicted molar refractivity (Wildman–Crippen MR) is 87.9 cm³/mol. The third-order valence-corrected chi connectivity index (χ3v) is 4.89. The lowest BCUT2D eigenvalue weighted by Gasteiger charge is -2.28. The number of benzene rings is 1. The average molecular weight is 288 g/mol. The van der Waals surface area contributed by atoms with Gasteiger partial charge in [0, 0.05) is 32.4 Å². The minimum absolute atomic E-state index is 0.442. The summed E-state index contributed by atoms with van der Waals surface area (Å²) >= 11 is 0. The fourth-order valence-electron chi connectivity index (χ4n) is 3.71. The molecule has 21 heavy (non-hydrogen) atoms. The maximum Gasteiger partial charge on any atom is 0.0706 e. The third kappa shape index (κ3) is 3.41. The van der Waals surface area contributed by atoms with Gasteiger partial charge in [-0.25, -0.2) is 0 Å². The first-order valence-electron chi connectivity index (χ1n) is 8.30.